The standard InChI is InChI=1S/C18H18F3N5.C15H10ClF3N4/c1-11(2)24-17-25-15-13(7-5-9-22-15)16(26-17)23-10-12-6-3-4-8-14(12)18(19,20)21;16-14-22-12-10(5-3-7-20-12)13(23-14)21-8-9-4-1-2-6-11(9)15(17,18)19/h3-9,11H,10H2,1-2H3,(H2,22,23,24,25,26);1-7H,8H2,(H,20,21,22,23). The van der Waals surface area contributed by atoms with Gasteiger partial charge in [-0.1, -0.05) is 36.4 Å². The number of halogens is 7. The molecule has 0 fully saturated rings. The lowest BCUT2D eigenvalue weighted by atomic mass is 10.1. The molecule has 0 spiro atoms. The van der Waals surface area contributed by atoms with E-state index in [1.54, 1.807) is 48.8 Å². The van der Waals surface area contributed by atoms with E-state index in [9.17, 15) is 26.3 Å². The van der Waals surface area contributed by atoms with Crippen molar-refractivity contribution < 1.29 is 26.3 Å². The van der Waals surface area contributed by atoms with E-state index >= 15 is 0 Å². The van der Waals surface area contributed by atoms with E-state index in [0.29, 0.717) is 39.7 Å². The van der Waals surface area contributed by atoms with Crippen molar-refractivity contribution in [3.63, 3.8) is 0 Å². The zero-order valence-electron chi connectivity index (χ0n) is 25.9. The molecule has 0 saturated carbocycles. The molecule has 9 nitrogen and oxygen atoms in total. The second kappa shape index (κ2) is 14.8. The van der Waals surface area contributed by atoms with E-state index in [-0.39, 0.29) is 35.5 Å². The maximum absolute atomic E-state index is 13.2. The smallest absolute Gasteiger partial charge is 0.365 e. The number of rotatable bonds is 8. The highest BCUT2D eigenvalue weighted by Gasteiger charge is 2.33. The molecule has 6 rings (SSSR count). The third-order valence-electron chi connectivity index (χ3n) is 6.87. The van der Waals surface area contributed by atoms with Gasteiger partial charge < -0.3 is 16.0 Å². The largest absolute Gasteiger partial charge is 0.416 e. The third kappa shape index (κ3) is 8.99. The number of benzene rings is 2. The summed E-state index contributed by atoms with van der Waals surface area (Å²) in [5.74, 6) is 1.14. The van der Waals surface area contributed by atoms with Crippen LogP contribution in [0.25, 0.3) is 22.1 Å². The van der Waals surface area contributed by atoms with Crippen molar-refractivity contribution in [2.75, 3.05) is 16.0 Å². The average Bonchev–Trinajstić information content (AvgIpc) is 3.05. The predicted molar refractivity (Wildman–Crippen MR) is 176 cm³/mol. The highest BCUT2D eigenvalue weighted by atomic mass is 35.5. The first-order valence-electron chi connectivity index (χ1n) is 14.7. The van der Waals surface area contributed by atoms with Gasteiger partial charge in [0, 0.05) is 31.5 Å². The molecule has 4 aromatic heterocycles. The second-order valence-corrected chi connectivity index (χ2v) is 11.1. The Morgan fingerprint density at radius 1 is 0.612 bits per heavy atom. The molecular weight excluding hydrogens is 672 g/mol. The average molecular weight is 700 g/mol. The van der Waals surface area contributed by atoms with Gasteiger partial charge in [-0.2, -0.15) is 41.3 Å². The minimum absolute atomic E-state index is 0.0161. The van der Waals surface area contributed by atoms with Gasteiger partial charge in [-0.05, 0) is 73.0 Å². The van der Waals surface area contributed by atoms with Gasteiger partial charge in [0.25, 0.3) is 0 Å². The molecule has 2 aromatic carbocycles. The first-order chi connectivity index (χ1) is 23.3. The molecule has 6 aromatic rings. The van der Waals surface area contributed by atoms with Gasteiger partial charge in [0.05, 0.1) is 21.9 Å². The summed E-state index contributed by atoms with van der Waals surface area (Å²) in [6, 6.07) is 17.9. The first kappa shape index (κ1) is 35.0. The third-order valence-corrected chi connectivity index (χ3v) is 7.04. The molecule has 0 radical (unpaired) electrons. The number of aromatic nitrogens is 6. The van der Waals surface area contributed by atoms with E-state index in [2.05, 4.69) is 45.9 Å². The van der Waals surface area contributed by atoms with Gasteiger partial charge in [0.1, 0.15) is 11.6 Å². The molecule has 0 aliphatic rings. The first-order valence-corrected chi connectivity index (χ1v) is 15.1. The second-order valence-electron chi connectivity index (χ2n) is 10.8. The molecule has 16 heteroatoms. The van der Waals surface area contributed by atoms with E-state index in [1.807, 2.05) is 13.8 Å². The lowest BCUT2D eigenvalue weighted by molar-refractivity contribution is -0.139. The van der Waals surface area contributed by atoms with Crippen LogP contribution < -0.4 is 16.0 Å². The molecule has 0 bridgehead atoms. The number of nitrogens with one attached hydrogen (secondary N) is 3. The zero-order chi connectivity index (χ0) is 35.2. The number of alkyl halides is 6. The summed E-state index contributed by atoms with van der Waals surface area (Å²) in [6.07, 6.45) is -5.66. The highest BCUT2D eigenvalue weighted by Crippen LogP contribution is 2.34. The molecule has 3 N–H and O–H groups in total. The van der Waals surface area contributed by atoms with Crippen LogP contribution in [0.4, 0.5) is 43.9 Å². The van der Waals surface area contributed by atoms with Crippen LogP contribution in [0.2, 0.25) is 5.28 Å². The molecule has 0 amide bonds. The fraction of sp³-hybridized carbons (Fsp3) is 0.212. The number of hydrogen-bond donors (Lipinski definition) is 3. The Bertz CT molecular complexity index is 2050. The van der Waals surface area contributed by atoms with Crippen molar-refractivity contribution in [1.29, 1.82) is 0 Å². The van der Waals surface area contributed by atoms with Crippen LogP contribution in [0.1, 0.15) is 36.1 Å². The molecule has 254 valence electrons. The fourth-order valence-corrected chi connectivity index (χ4v) is 4.91. The van der Waals surface area contributed by atoms with Crippen LogP contribution in [-0.4, -0.2) is 35.9 Å². The highest BCUT2D eigenvalue weighted by molar-refractivity contribution is 6.28. The Morgan fingerprint density at radius 2 is 1.08 bits per heavy atom. The molecular formula is C33H28ClF6N9. The Hall–Kier alpha value is -5.31. The van der Waals surface area contributed by atoms with E-state index < -0.39 is 23.5 Å². The summed E-state index contributed by atoms with van der Waals surface area (Å²) < 4.78 is 78.5. The molecule has 0 aliphatic carbocycles. The summed E-state index contributed by atoms with van der Waals surface area (Å²) >= 11 is 5.83. The lowest BCUT2D eigenvalue weighted by Crippen LogP contribution is -2.15. The Kier molecular flexibility index (Phi) is 10.6. The molecule has 49 heavy (non-hydrogen) atoms. The summed E-state index contributed by atoms with van der Waals surface area (Å²) in [5.41, 5.74) is -0.239. The Labute approximate surface area is 281 Å². The van der Waals surface area contributed by atoms with Gasteiger partial charge in [-0.25, -0.2) is 15.0 Å². The van der Waals surface area contributed by atoms with Crippen molar-refractivity contribution in [3.05, 3.63) is 113 Å². The predicted octanol–water partition coefficient (Wildman–Crippen LogP) is 8.79. The van der Waals surface area contributed by atoms with Gasteiger partial charge in [-0.15, -0.1) is 0 Å². The van der Waals surface area contributed by atoms with Crippen molar-refractivity contribution >= 4 is 51.3 Å². The van der Waals surface area contributed by atoms with E-state index in [0.717, 1.165) is 12.1 Å². The molecule has 4 heterocycles. The van der Waals surface area contributed by atoms with Crippen molar-refractivity contribution in [1.82, 2.24) is 29.9 Å². The van der Waals surface area contributed by atoms with Gasteiger partial charge in [0.2, 0.25) is 11.2 Å². The van der Waals surface area contributed by atoms with Gasteiger partial charge in [-0.3, -0.25) is 0 Å². The number of nitrogens with zero attached hydrogens (tertiary/aromatic N) is 6. The fourth-order valence-electron chi connectivity index (χ4n) is 4.75. The molecule has 0 aliphatic heterocycles. The number of hydrogen-bond acceptors (Lipinski definition) is 9. The molecule has 0 atom stereocenters. The normalized spacial score (nSPS) is 11.7. The van der Waals surface area contributed by atoms with Crippen LogP contribution in [0.3, 0.4) is 0 Å². The summed E-state index contributed by atoms with van der Waals surface area (Å²) in [4.78, 5) is 25.0. The zero-order valence-corrected chi connectivity index (χ0v) is 26.7. The summed E-state index contributed by atoms with van der Waals surface area (Å²) in [7, 11) is 0. The molecule has 0 unspecified atom stereocenters. The van der Waals surface area contributed by atoms with Gasteiger partial charge >= 0.3 is 12.4 Å². The Balaban J connectivity index is 0.000000192. The number of fused-ring (bicyclic) bond motifs is 2. The van der Waals surface area contributed by atoms with Crippen LogP contribution in [0.15, 0.2) is 85.2 Å². The van der Waals surface area contributed by atoms with Crippen molar-refractivity contribution in [2.24, 2.45) is 0 Å². The van der Waals surface area contributed by atoms with Crippen LogP contribution >= 0.6 is 11.6 Å². The van der Waals surface area contributed by atoms with E-state index in [4.69, 9.17) is 11.6 Å². The van der Waals surface area contributed by atoms with Gasteiger partial charge in [0.15, 0.2) is 11.3 Å². The SMILES string of the molecule is CC(C)Nc1nc(NCc2ccccc2C(F)(F)F)c2cccnc2n1.FC(F)(F)c1ccccc1CNc1nc(Cl)nc2ncccc12. The minimum Gasteiger partial charge on any atom is -0.365 e. The lowest BCUT2D eigenvalue weighted by Gasteiger charge is -2.15. The number of pyridine rings is 2. The Morgan fingerprint density at radius 3 is 1.57 bits per heavy atom. The quantitative estimate of drug-likeness (QED) is 0.106. The topological polar surface area (TPSA) is 113 Å². The summed E-state index contributed by atoms with van der Waals surface area (Å²) in [6.45, 7) is 3.82. The summed E-state index contributed by atoms with van der Waals surface area (Å²) in [5, 5.41) is 10.2. The van der Waals surface area contributed by atoms with Crippen LogP contribution in [0.5, 0.6) is 0 Å². The maximum Gasteiger partial charge on any atom is 0.416 e. The molecule has 0 saturated heterocycles. The van der Waals surface area contributed by atoms with Crippen LogP contribution in [0, 0.1) is 0 Å². The van der Waals surface area contributed by atoms with Crippen molar-refractivity contribution in [2.45, 2.75) is 45.3 Å². The van der Waals surface area contributed by atoms with E-state index in [1.165, 1.54) is 24.3 Å². The minimum atomic E-state index is -4.41. The van der Waals surface area contributed by atoms with Crippen LogP contribution in [-0.2, 0) is 25.4 Å². The number of anilines is 3. The van der Waals surface area contributed by atoms with Crippen molar-refractivity contribution in [3.8, 4) is 0 Å². The monoisotopic (exact) mass is 699 g/mol. The maximum atomic E-state index is 13.2.